The number of methoxy groups -OCH3 is 1. The fraction of sp³-hybridized carbons (Fsp3) is 0.350. The summed E-state index contributed by atoms with van der Waals surface area (Å²) in [6.45, 7) is 2.65. The molecule has 4 nitrogen and oxygen atoms in total. The maximum Gasteiger partial charge on any atom is 0.416 e. The van der Waals surface area contributed by atoms with E-state index in [0.717, 1.165) is 33.9 Å². The molecule has 146 valence electrons. The monoisotopic (exact) mass is 381 g/mol. The number of alkyl halides is 3. The van der Waals surface area contributed by atoms with Crippen LogP contribution >= 0.6 is 0 Å². The molecule has 0 saturated carbocycles. The van der Waals surface area contributed by atoms with E-state index in [-0.39, 0.29) is 11.9 Å². The minimum Gasteiger partial charge on any atom is -0.497 e. The van der Waals surface area contributed by atoms with Crippen molar-refractivity contribution in [3.05, 3.63) is 65.2 Å². The minimum atomic E-state index is -4.34. The number of halogens is 3. The van der Waals surface area contributed by atoms with Gasteiger partial charge in [0, 0.05) is 12.1 Å². The summed E-state index contributed by atoms with van der Waals surface area (Å²) in [6.07, 6.45) is -4.34. The van der Waals surface area contributed by atoms with E-state index in [0.29, 0.717) is 13.1 Å². The minimum absolute atomic E-state index is 0.116. The van der Waals surface area contributed by atoms with Crippen LogP contribution in [0.3, 0.4) is 0 Å². The number of nitrogens with one attached hydrogen (secondary N) is 2. The van der Waals surface area contributed by atoms with E-state index in [9.17, 15) is 18.0 Å². The second kappa shape index (κ2) is 8.90. The fourth-order valence-electron chi connectivity index (χ4n) is 2.60. The zero-order valence-electron chi connectivity index (χ0n) is 15.6. The molecule has 0 bridgehead atoms. The lowest BCUT2D eigenvalue weighted by atomic mass is 10.1. The molecule has 0 heterocycles. The molecule has 2 rings (SSSR count). The van der Waals surface area contributed by atoms with Gasteiger partial charge in [-0.1, -0.05) is 24.3 Å². The SMILES string of the molecule is COc1ccc(CNC(=O)[C@@H](C)[NH+](C)Cc2ccc(C(F)(F)F)cc2)cc1. The van der Waals surface area contributed by atoms with Crippen LogP contribution in [0, 0.1) is 0 Å². The second-order valence-corrected chi connectivity index (χ2v) is 6.51. The van der Waals surface area contributed by atoms with Crippen LogP contribution in [0.2, 0.25) is 0 Å². The lowest BCUT2D eigenvalue weighted by molar-refractivity contribution is -0.908. The van der Waals surface area contributed by atoms with E-state index < -0.39 is 11.7 Å². The number of carbonyl (C=O) groups is 1. The summed E-state index contributed by atoms with van der Waals surface area (Å²) in [4.78, 5) is 13.2. The van der Waals surface area contributed by atoms with Crippen molar-refractivity contribution in [3.8, 4) is 5.75 Å². The number of ether oxygens (including phenoxy) is 1. The molecule has 0 fully saturated rings. The molecule has 2 aromatic carbocycles. The Labute approximate surface area is 156 Å². The van der Waals surface area contributed by atoms with Gasteiger partial charge >= 0.3 is 6.18 Å². The molecule has 0 spiro atoms. The van der Waals surface area contributed by atoms with E-state index in [1.807, 2.05) is 31.3 Å². The van der Waals surface area contributed by atoms with Gasteiger partial charge in [0.15, 0.2) is 6.04 Å². The average molecular weight is 381 g/mol. The molecule has 2 atom stereocenters. The first-order valence-electron chi connectivity index (χ1n) is 8.60. The molecular weight excluding hydrogens is 357 g/mol. The van der Waals surface area contributed by atoms with Crippen molar-refractivity contribution in [1.29, 1.82) is 0 Å². The smallest absolute Gasteiger partial charge is 0.416 e. The maximum atomic E-state index is 12.6. The van der Waals surface area contributed by atoms with Crippen LogP contribution in [-0.2, 0) is 24.1 Å². The van der Waals surface area contributed by atoms with E-state index in [1.54, 1.807) is 14.0 Å². The molecule has 7 heteroatoms. The lowest BCUT2D eigenvalue weighted by Gasteiger charge is -2.21. The zero-order chi connectivity index (χ0) is 20.0. The van der Waals surface area contributed by atoms with E-state index in [1.165, 1.54) is 12.1 Å². The van der Waals surface area contributed by atoms with E-state index >= 15 is 0 Å². The molecule has 0 saturated heterocycles. The first-order chi connectivity index (χ1) is 12.7. The molecule has 0 aliphatic heterocycles. The number of likely N-dealkylation sites (N-methyl/N-ethyl adjacent to an activating group) is 1. The molecule has 1 unspecified atom stereocenters. The Morgan fingerprint density at radius 3 is 2.15 bits per heavy atom. The van der Waals surface area contributed by atoms with Crippen molar-refractivity contribution >= 4 is 5.91 Å². The Kier molecular flexibility index (Phi) is 6.85. The highest BCUT2D eigenvalue weighted by atomic mass is 19.4. The molecule has 1 amide bonds. The summed E-state index contributed by atoms with van der Waals surface area (Å²) < 4.78 is 42.9. The van der Waals surface area contributed by atoms with Gasteiger partial charge in [0.2, 0.25) is 0 Å². The topological polar surface area (TPSA) is 42.8 Å². The predicted octanol–water partition coefficient (Wildman–Crippen LogP) is 2.43. The normalized spacial score (nSPS) is 13.7. The van der Waals surface area contributed by atoms with Crippen molar-refractivity contribution in [2.45, 2.75) is 32.2 Å². The van der Waals surface area contributed by atoms with Gasteiger partial charge in [0.1, 0.15) is 12.3 Å². The van der Waals surface area contributed by atoms with E-state index in [2.05, 4.69) is 5.32 Å². The van der Waals surface area contributed by atoms with Crippen LogP contribution in [-0.4, -0.2) is 26.1 Å². The predicted molar refractivity (Wildman–Crippen MR) is 96.3 cm³/mol. The van der Waals surface area contributed by atoms with Gasteiger partial charge in [0.25, 0.3) is 5.91 Å². The van der Waals surface area contributed by atoms with Crippen molar-refractivity contribution in [2.24, 2.45) is 0 Å². The highest BCUT2D eigenvalue weighted by molar-refractivity contribution is 5.79. The Balaban J connectivity index is 1.87. The largest absolute Gasteiger partial charge is 0.497 e. The number of carbonyl (C=O) groups excluding carboxylic acids is 1. The average Bonchev–Trinajstić information content (AvgIpc) is 2.65. The third kappa shape index (κ3) is 5.99. The van der Waals surface area contributed by atoms with Crippen LogP contribution < -0.4 is 15.0 Å². The molecular formula is C20H24F3N2O2+. The summed E-state index contributed by atoms with van der Waals surface area (Å²) in [5.74, 6) is 0.634. The Morgan fingerprint density at radius 2 is 1.63 bits per heavy atom. The number of quaternary nitrogens is 1. The van der Waals surface area contributed by atoms with Gasteiger partial charge in [-0.2, -0.15) is 13.2 Å². The molecule has 0 aromatic heterocycles. The summed E-state index contributed by atoms with van der Waals surface area (Å²) >= 11 is 0. The second-order valence-electron chi connectivity index (χ2n) is 6.51. The Morgan fingerprint density at radius 1 is 1.07 bits per heavy atom. The maximum absolute atomic E-state index is 12.6. The first-order valence-corrected chi connectivity index (χ1v) is 8.60. The standard InChI is InChI=1S/C20H23F3N2O2/c1-14(19(26)24-12-15-6-10-18(27-3)11-7-15)25(2)13-16-4-8-17(9-5-16)20(21,22)23/h4-11,14H,12-13H2,1-3H3,(H,24,26)/p+1/t14-/m1/s1. The molecule has 0 aliphatic carbocycles. The van der Waals surface area contributed by atoms with Crippen molar-refractivity contribution in [2.75, 3.05) is 14.2 Å². The zero-order valence-corrected chi connectivity index (χ0v) is 15.6. The highest BCUT2D eigenvalue weighted by Crippen LogP contribution is 2.28. The summed E-state index contributed by atoms with van der Waals surface area (Å²) in [5.41, 5.74) is 1.03. The van der Waals surface area contributed by atoms with Gasteiger partial charge in [-0.15, -0.1) is 0 Å². The number of benzene rings is 2. The van der Waals surface area contributed by atoms with Gasteiger partial charge < -0.3 is 15.0 Å². The fourth-order valence-corrected chi connectivity index (χ4v) is 2.60. The van der Waals surface area contributed by atoms with Crippen LogP contribution in [0.15, 0.2) is 48.5 Å². The van der Waals surface area contributed by atoms with Crippen LogP contribution in [0.4, 0.5) is 13.2 Å². The van der Waals surface area contributed by atoms with Gasteiger partial charge in [-0.25, -0.2) is 0 Å². The first kappa shape index (κ1) is 20.8. The summed E-state index contributed by atoms with van der Waals surface area (Å²) in [6, 6.07) is 12.1. The van der Waals surface area contributed by atoms with Crippen molar-refractivity contribution < 1.29 is 27.6 Å². The molecule has 0 radical (unpaired) electrons. The number of hydrogen-bond donors (Lipinski definition) is 2. The molecule has 0 aliphatic rings. The molecule has 2 aromatic rings. The lowest BCUT2D eigenvalue weighted by Crippen LogP contribution is -3.12. The molecule has 27 heavy (non-hydrogen) atoms. The number of hydrogen-bond acceptors (Lipinski definition) is 2. The van der Waals surface area contributed by atoms with Gasteiger partial charge in [0.05, 0.1) is 19.7 Å². The number of rotatable bonds is 7. The van der Waals surface area contributed by atoms with Crippen molar-refractivity contribution in [1.82, 2.24) is 5.32 Å². The quantitative estimate of drug-likeness (QED) is 0.774. The van der Waals surface area contributed by atoms with Gasteiger partial charge in [-0.3, -0.25) is 4.79 Å². The van der Waals surface area contributed by atoms with Crippen LogP contribution in [0.1, 0.15) is 23.6 Å². The van der Waals surface area contributed by atoms with Crippen molar-refractivity contribution in [3.63, 3.8) is 0 Å². The van der Waals surface area contributed by atoms with Crippen LogP contribution in [0.25, 0.3) is 0 Å². The van der Waals surface area contributed by atoms with Crippen LogP contribution in [0.5, 0.6) is 5.75 Å². The third-order valence-corrected chi connectivity index (χ3v) is 4.52. The van der Waals surface area contributed by atoms with Gasteiger partial charge in [-0.05, 0) is 36.8 Å². The third-order valence-electron chi connectivity index (χ3n) is 4.52. The summed E-state index contributed by atoms with van der Waals surface area (Å²) in [5, 5.41) is 2.88. The summed E-state index contributed by atoms with van der Waals surface area (Å²) in [7, 11) is 3.43. The molecule has 2 N–H and O–H groups in total. The van der Waals surface area contributed by atoms with E-state index in [4.69, 9.17) is 4.74 Å². The highest BCUT2D eigenvalue weighted by Gasteiger charge is 2.30. The number of amides is 1. The Bertz CT molecular complexity index is 743. The Hall–Kier alpha value is -2.54.